The molecule has 0 aliphatic carbocycles. The van der Waals surface area contributed by atoms with Gasteiger partial charge in [-0.15, -0.1) is 0 Å². The number of hydrogen-bond donors (Lipinski definition) is 0. The van der Waals surface area contributed by atoms with Crippen molar-refractivity contribution in [2.75, 3.05) is 12.1 Å². The highest BCUT2D eigenvalue weighted by molar-refractivity contribution is 9.09. The highest BCUT2D eigenvalue weighted by Crippen LogP contribution is 2.37. The second-order valence-corrected chi connectivity index (χ2v) is 5.29. The van der Waals surface area contributed by atoms with E-state index in [1.165, 1.54) is 0 Å². The smallest absolute Gasteiger partial charge is 0.230 e. The summed E-state index contributed by atoms with van der Waals surface area (Å²) in [5, 5.41) is 0.933. The molecule has 0 N–H and O–H groups in total. The first-order valence-electron chi connectivity index (χ1n) is 6.60. The Bertz CT molecular complexity index is 585. The van der Waals surface area contributed by atoms with Gasteiger partial charge < -0.3 is 9.47 Å². The van der Waals surface area contributed by atoms with E-state index in [9.17, 15) is 0 Å². The summed E-state index contributed by atoms with van der Waals surface area (Å²) in [6.07, 6.45) is 3.18. The molecule has 0 atom stereocenters. The molecule has 0 radical (unpaired) electrons. The maximum Gasteiger partial charge on any atom is 0.230 e. The number of alkyl halides is 1. The van der Waals surface area contributed by atoms with Gasteiger partial charge >= 0.3 is 0 Å². The fourth-order valence-electron chi connectivity index (χ4n) is 2.35. The summed E-state index contributed by atoms with van der Waals surface area (Å²) in [5.41, 5.74) is 3.39. The Kier molecular flexibility index (Phi) is 4.07. The van der Waals surface area contributed by atoms with Gasteiger partial charge in [-0.3, -0.25) is 0 Å². The fourth-order valence-corrected chi connectivity index (χ4v) is 2.58. The van der Waals surface area contributed by atoms with Gasteiger partial charge in [-0.1, -0.05) is 58.4 Å². The second kappa shape index (κ2) is 6.14. The summed E-state index contributed by atoms with van der Waals surface area (Å²) in [7, 11) is 0. The van der Waals surface area contributed by atoms with Crippen LogP contribution < -0.4 is 9.47 Å². The number of allylic oxidation sites excluding steroid dienone is 1. The quantitative estimate of drug-likeness (QED) is 0.747. The molecule has 0 fully saturated rings. The van der Waals surface area contributed by atoms with E-state index in [4.69, 9.17) is 9.47 Å². The van der Waals surface area contributed by atoms with Crippen LogP contribution in [0.1, 0.15) is 17.5 Å². The zero-order valence-electron chi connectivity index (χ0n) is 11.0. The molecule has 3 heteroatoms. The first-order chi connectivity index (χ1) is 9.90. The number of ether oxygens (including phenoxy) is 2. The van der Waals surface area contributed by atoms with Gasteiger partial charge in [0.25, 0.3) is 0 Å². The van der Waals surface area contributed by atoms with Crippen LogP contribution in [-0.4, -0.2) is 12.1 Å². The summed E-state index contributed by atoms with van der Waals surface area (Å²) in [4.78, 5) is 0. The molecule has 2 aromatic carbocycles. The van der Waals surface area contributed by atoms with Crippen LogP contribution in [0.3, 0.4) is 0 Å². The molecule has 1 heterocycles. The van der Waals surface area contributed by atoms with E-state index < -0.39 is 0 Å². The van der Waals surface area contributed by atoms with Crippen LogP contribution in [0.25, 0.3) is 5.57 Å². The number of hydrogen-bond acceptors (Lipinski definition) is 2. The van der Waals surface area contributed by atoms with Crippen molar-refractivity contribution in [1.82, 2.24) is 0 Å². The molecule has 0 bridgehead atoms. The van der Waals surface area contributed by atoms with Crippen LogP contribution in [0.2, 0.25) is 0 Å². The van der Waals surface area contributed by atoms with E-state index in [1.807, 2.05) is 36.4 Å². The van der Waals surface area contributed by atoms with Gasteiger partial charge in [0, 0.05) is 16.5 Å². The molecule has 20 heavy (non-hydrogen) atoms. The minimum atomic E-state index is 0.236. The molecule has 2 nitrogen and oxygen atoms in total. The Morgan fingerprint density at radius 1 is 0.900 bits per heavy atom. The van der Waals surface area contributed by atoms with Gasteiger partial charge in [-0.2, -0.15) is 0 Å². The first kappa shape index (κ1) is 13.3. The monoisotopic (exact) mass is 330 g/mol. The van der Waals surface area contributed by atoms with E-state index in [2.05, 4.69) is 34.1 Å². The van der Waals surface area contributed by atoms with Gasteiger partial charge in [0.15, 0.2) is 0 Å². The average molecular weight is 331 g/mol. The predicted octanol–water partition coefficient (Wildman–Crippen LogP) is 4.63. The maximum atomic E-state index is 5.72. The molecule has 0 aromatic heterocycles. The minimum absolute atomic E-state index is 0.236. The van der Waals surface area contributed by atoms with Crippen molar-refractivity contribution in [2.24, 2.45) is 0 Å². The molecule has 0 saturated heterocycles. The van der Waals surface area contributed by atoms with Crippen LogP contribution >= 0.6 is 15.9 Å². The predicted molar refractivity (Wildman–Crippen MR) is 84.5 cm³/mol. The van der Waals surface area contributed by atoms with Crippen LogP contribution in [0, 0.1) is 0 Å². The fraction of sp³-hybridized carbons (Fsp3) is 0.176. The van der Waals surface area contributed by atoms with E-state index in [0.717, 1.165) is 39.9 Å². The minimum Gasteiger partial charge on any atom is -0.457 e. The molecule has 2 aromatic rings. The lowest BCUT2D eigenvalue weighted by atomic mass is 9.95. The molecule has 1 aliphatic rings. The first-order valence-corrected chi connectivity index (χ1v) is 7.73. The molecule has 0 amide bonds. The lowest BCUT2D eigenvalue weighted by Gasteiger charge is -2.21. The summed E-state index contributed by atoms with van der Waals surface area (Å²) < 4.78 is 11.4. The van der Waals surface area contributed by atoms with Crippen molar-refractivity contribution in [3.05, 3.63) is 65.7 Å². The Morgan fingerprint density at radius 3 is 2.00 bits per heavy atom. The normalized spacial score (nSPS) is 13.2. The Labute approximate surface area is 127 Å². The highest BCUT2D eigenvalue weighted by Gasteiger charge is 2.17. The lowest BCUT2D eigenvalue weighted by molar-refractivity contribution is 0.118. The number of rotatable bonds is 2. The van der Waals surface area contributed by atoms with E-state index in [-0.39, 0.29) is 6.79 Å². The summed E-state index contributed by atoms with van der Waals surface area (Å²) in [6.45, 7) is 0.236. The Morgan fingerprint density at radius 2 is 1.45 bits per heavy atom. The van der Waals surface area contributed by atoms with Crippen molar-refractivity contribution < 1.29 is 9.47 Å². The topological polar surface area (TPSA) is 18.5 Å². The zero-order valence-corrected chi connectivity index (χ0v) is 12.6. The third-order valence-corrected chi connectivity index (χ3v) is 3.70. The van der Waals surface area contributed by atoms with Crippen molar-refractivity contribution in [3.8, 4) is 11.5 Å². The maximum absolute atomic E-state index is 5.72. The summed E-state index contributed by atoms with van der Waals surface area (Å²) >= 11 is 3.48. The van der Waals surface area contributed by atoms with Gasteiger partial charge in [-0.05, 0) is 24.1 Å². The second-order valence-electron chi connectivity index (χ2n) is 4.49. The SMILES string of the molecule is BrCCC=C1c2ccccc2OCOc2ccccc21. The van der Waals surface area contributed by atoms with Gasteiger partial charge in [-0.25, -0.2) is 0 Å². The number of benzene rings is 2. The van der Waals surface area contributed by atoms with E-state index >= 15 is 0 Å². The van der Waals surface area contributed by atoms with Gasteiger partial charge in [0.05, 0.1) is 0 Å². The average Bonchev–Trinajstić information content (AvgIpc) is 2.48. The van der Waals surface area contributed by atoms with Gasteiger partial charge in [0.2, 0.25) is 6.79 Å². The Balaban J connectivity index is 2.18. The summed E-state index contributed by atoms with van der Waals surface area (Å²) in [5.74, 6) is 1.73. The number of para-hydroxylation sites is 2. The van der Waals surface area contributed by atoms with Crippen LogP contribution in [0.15, 0.2) is 54.6 Å². The Hall–Kier alpha value is -1.74. The molecule has 102 valence electrons. The number of halogens is 1. The van der Waals surface area contributed by atoms with Gasteiger partial charge in [0.1, 0.15) is 11.5 Å². The third-order valence-electron chi connectivity index (χ3n) is 3.24. The lowest BCUT2D eigenvalue weighted by Crippen LogP contribution is -2.11. The largest absolute Gasteiger partial charge is 0.457 e. The third kappa shape index (κ3) is 2.59. The van der Waals surface area contributed by atoms with Crippen LogP contribution in [-0.2, 0) is 0 Å². The van der Waals surface area contributed by atoms with Crippen LogP contribution in [0.4, 0.5) is 0 Å². The zero-order chi connectivity index (χ0) is 13.8. The standard InChI is InChI=1S/C17H15BrO2/c18-11-5-8-13-14-6-1-3-9-16(14)19-12-20-17-10-4-2-7-15(13)17/h1-4,6-10H,5,11-12H2. The van der Waals surface area contributed by atoms with Crippen molar-refractivity contribution in [3.63, 3.8) is 0 Å². The molecule has 0 unspecified atom stereocenters. The van der Waals surface area contributed by atoms with Crippen LogP contribution in [0.5, 0.6) is 11.5 Å². The van der Waals surface area contributed by atoms with Crippen molar-refractivity contribution in [1.29, 1.82) is 0 Å². The van der Waals surface area contributed by atoms with E-state index in [0.29, 0.717) is 0 Å². The molecule has 3 rings (SSSR count). The highest BCUT2D eigenvalue weighted by atomic mass is 79.9. The molecule has 0 saturated carbocycles. The summed E-state index contributed by atoms with van der Waals surface area (Å²) in [6, 6.07) is 16.2. The molecular weight excluding hydrogens is 316 g/mol. The molecule has 0 spiro atoms. The molecular formula is C17H15BrO2. The number of fused-ring (bicyclic) bond motifs is 2. The molecule has 1 aliphatic heterocycles. The van der Waals surface area contributed by atoms with Crippen molar-refractivity contribution >= 4 is 21.5 Å². The van der Waals surface area contributed by atoms with Crippen molar-refractivity contribution in [2.45, 2.75) is 6.42 Å². The van der Waals surface area contributed by atoms with E-state index in [1.54, 1.807) is 0 Å².